The second-order valence-electron chi connectivity index (χ2n) is 9.83. The van der Waals surface area contributed by atoms with Gasteiger partial charge in [-0.3, -0.25) is 4.79 Å². The van der Waals surface area contributed by atoms with Crippen molar-refractivity contribution in [2.75, 3.05) is 6.61 Å². The number of allylic oxidation sites excluding steroid dienone is 2. The molecule has 0 amide bonds. The molecule has 0 aliphatic carbocycles. The minimum Gasteiger partial charge on any atom is -0.493 e. The first-order chi connectivity index (χ1) is 20.5. The Hall–Kier alpha value is -4.86. The van der Waals surface area contributed by atoms with E-state index < -0.39 is 23.8 Å². The minimum atomic E-state index is -4.42. The fourth-order valence-electron chi connectivity index (χ4n) is 4.32. The van der Waals surface area contributed by atoms with Crippen LogP contribution in [0.1, 0.15) is 46.3 Å². The standard InChI is InChI=1S/C33H31F3N2O5/c1-3-26(20-30(39)23-7-5-4-6-8-23)37-29(32(40)41)19-22-9-15-27(16-10-22)42-18-17-28-21(2)43-31(38-28)24-11-13-25(14-12-24)33(34,35)36/h4-16,20,29,37H,3,17-19H2,1-2H3,(H,40,41)/b26-20+/t29-/m0/s1. The van der Waals surface area contributed by atoms with Gasteiger partial charge in [-0.25, -0.2) is 9.78 Å². The van der Waals surface area contributed by atoms with Crippen LogP contribution in [0.5, 0.6) is 5.75 Å². The molecule has 4 aromatic rings. The molecular weight excluding hydrogens is 561 g/mol. The molecule has 0 unspecified atom stereocenters. The molecule has 0 fully saturated rings. The third-order valence-corrected chi connectivity index (χ3v) is 6.72. The number of ether oxygens (including phenoxy) is 1. The van der Waals surface area contributed by atoms with Crippen LogP contribution in [0.15, 0.2) is 95.1 Å². The predicted molar refractivity (Wildman–Crippen MR) is 155 cm³/mol. The van der Waals surface area contributed by atoms with Crippen LogP contribution in [0.3, 0.4) is 0 Å². The van der Waals surface area contributed by atoms with E-state index in [-0.39, 0.29) is 24.7 Å². The van der Waals surface area contributed by atoms with Gasteiger partial charge < -0.3 is 19.6 Å². The fraction of sp³-hybridized carbons (Fsp3) is 0.242. The van der Waals surface area contributed by atoms with Crippen molar-refractivity contribution in [2.24, 2.45) is 0 Å². The number of alkyl halides is 3. The summed E-state index contributed by atoms with van der Waals surface area (Å²) in [6, 6.07) is 19.5. The highest BCUT2D eigenvalue weighted by Crippen LogP contribution is 2.31. The number of nitrogens with zero attached hydrogens (tertiary/aromatic N) is 1. The Morgan fingerprint density at radius 1 is 1.02 bits per heavy atom. The monoisotopic (exact) mass is 592 g/mol. The van der Waals surface area contributed by atoms with E-state index in [2.05, 4.69) is 10.3 Å². The Kier molecular flexibility index (Phi) is 10.0. The molecule has 0 saturated heterocycles. The van der Waals surface area contributed by atoms with Crippen molar-refractivity contribution in [2.45, 2.75) is 45.3 Å². The zero-order chi connectivity index (χ0) is 31.0. The number of halogens is 3. The number of nitrogens with one attached hydrogen (secondary N) is 1. The number of rotatable bonds is 13. The van der Waals surface area contributed by atoms with E-state index in [9.17, 15) is 27.9 Å². The largest absolute Gasteiger partial charge is 0.493 e. The number of oxazole rings is 1. The predicted octanol–water partition coefficient (Wildman–Crippen LogP) is 7.05. The highest BCUT2D eigenvalue weighted by atomic mass is 19.4. The Morgan fingerprint density at radius 2 is 1.70 bits per heavy atom. The van der Waals surface area contributed by atoms with Crippen LogP contribution in [-0.4, -0.2) is 34.5 Å². The number of aryl methyl sites for hydroxylation is 1. The molecule has 0 aliphatic heterocycles. The number of aromatic nitrogens is 1. The van der Waals surface area contributed by atoms with Gasteiger partial charge in [0.1, 0.15) is 17.6 Å². The molecule has 0 bridgehead atoms. The van der Waals surface area contributed by atoms with Crippen molar-refractivity contribution in [3.63, 3.8) is 0 Å². The SMILES string of the molecule is CC/C(=C\C(=O)c1ccccc1)N[C@@H](Cc1ccc(OCCc2nc(-c3ccc(C(F)(F)F)cc3)oc2C)cc1)C(=O)O. The molecular formula is C33H31F3N2O5. The van der Waals surface area contributed by atoms with Gasteiger partial charge in [-0.15, -0.1) is 0 Å². The molecule has 0 spiro atoms. The lowest BCUT2D eigenvalue weighted by Crippen LogP contribution is -2.38. The van der Waals surface area contributed by atoms with E-state index in [0.717, 1.165) is 17.7 Å². The topological polar surface area (TPSA) is 102 Å². The van der Waals surface area contributed by atoms with E-state index in [4.69, 9.17) is 9.15 Å². The minimum absolute atomic E-state index is 0.192. The summed E-state index contributed by atoms with van der Waals surface area (Å²) in [6.45, 7) is 3.85. The average molecular weight is 593 g/mol. The summed E-state index contributed by atoms with van der Waals surface area (Å²) in [5, 5.41) is 12.8. The Labute approximate surface area is 247 Å². The van der Waals surface area contributed by atoms with Crippen molar-refractivity contribution in [3.8, 4) is 17.2 Å². The molecule has 43 heavy (non-hydrogen) atoms. The van der Waals surface area contributed by atoms with Crippen LogP contribution < -0.4 is 10.1 Å². The van der Waals surface area contributed by atoms with Crippen molar-refractivity contribution < 1.29 is 37.0 Å². The molecule has 7 nitrogen and oxygen atoms in total. The molecule has 3 aromatic carbocycles. The molecule has 4 rings (SSSR count). The summed E-state index contributed by atoms with van der Waals surface area (Å²) in [7, 11) is 0. The van der Waals surface area contributed by atoms with Crippen molar-refractivity contribution in [1.29, 1.82) is 0 Å². The molecule has 1 aromatic heterocycles. The van der Waals surface area contributed by atoms with Crippen molar-refractivity contribution in [1.82, 2.24) is 10.3 Å². The number of carbonyl (C=O) groups is 2. The third-order valence-electron chi connectivity index (χ3n) is 6.72. The van der Waals surface area contributed by atoms with Crippen LogP contribution in [0, 0.1) is 6.92 Å². The molecule has 1 heterocycles. The summed E-state index contributed by atoms with van der Waals surface area (Å²) in [6.07, 6.45) is -1.91. The zero-order valence-corrected chi connectivity index (χ0v) is 23.6. The Morgan fingerprint density at radius 3 is 2.30 bits per heavy atom. The van der Waals surface area contributed by atoms with Gasteiger partial charge in [0, 0.05) is 35.7 Å². The first-order valence-corrected chi connectivity index (χ1v) is 13.7. The summed E-state index contributed by atoms with van der Waals surface area (Å²) >= 11 is 0. The summed E-state index contributed by atoms with van der Waals surface area (Å²) in [4.78, 5) is 28.9. The Bertz CT molecular complexity index is 1560. The van der Waals surface area contributed by atoms with Crippen LogP contribution in [0.2, 0.25) is 0 Å². The van der Waals surface area contributed by atoms with Gasteiger partial charge >= 0.3 is 12.1 Å². The van der Waals surface area contributed by atoms with E-state index >= 15 is 0 Å². The number of ketones is 1. The van der Waals surface area contributed by atoms with E-state index in [1.54, 1.807) is 55.5 Å². The molecule has 1 atom stereocenters. The zero-order valence-electron chi connectivity index (χ0n) is 23.6. The Balaban J connectivity index is 1.32. The lowest BCUT2D eigenvalue weighted by Gasteiger charge is -2.18. The quantitative estimate of drug-likeness (QED) is 0.127. The van der Waals surface area contributed by atoms with Gasteiger partial charge in [0.25, 0.3) is 0 Å². The lowest BCUT2D eigenvalue weighted by molar-refractivity contribution is -0.139. The smallest absolute Gasteiger partial charge is 0.416 e. The maximum Gasteiger partial charge on any atom is 0.416 e. The second kappa shape index (κ2) is 13.9. The van der Waals surface area contributed by atoms with Crippen LogP contribution >= 0.6 is 0 Å². The summed E-state index contributed by atoms with van der Waals surface area (Å²) in [5.74, 6) is 0.123. The maximum atomic E-state index is 12.8. The van der Waals surface area contributed by atoms with Crippen LogP contribution in [0.25, 0.3) is 11.5 Å². The molecule has 10 heteroatoms. The van der Waals surface area contributed by atoms with Crippen LogP contribution in [-0.2, 0) is 23.8 Å². The molecule has 0 saturated carbocycles. The highest BCUT2D eigenvalue weighted by Gasteiger charge is 2.30. The molecule has 0 aliphatic rings. The molecule has 224 valence electrons. The number of carboxylic acid groups (broad SMARTS) is 1. The van der Waals surface area contributed by atoms with Crippen molar-refractivity contribution >= 4 is 11.8 Å². The van der Waals surface area contributed by atoms with Gasteiger partial charge in [-0.05, 0) is 55.3 Å². The van der Waals surface area contributed by atoms with Gasteiger partial charge in [0.05, 0.1) is 17.9 Å². The normalized spacial score (nSPS) is 12.5. The molecule has 2 N–H and O–H groups in total. The first-order valence-electron chi connectivity index (χ1n) is 13.7. The summed E-state index contributed by atoms with van der Waals surface area (Å²) in [5.41, 5.74) is 2.16. The maximum absolute atomic E-state index is 12.8. The van der Waals surface area contributed by atoms with Crippen molar-refractivity contribution in [3.05, 3.63) is 119 Å². The number of hydrogen-bond donors (Lipinski definition) is 2. The van der Waals surface area contributed by atoms with E-state index in [0.29, 0.717) is 46.9 Å². The number of benzene rings is 3. The van der Waals surface area contributed by atoms with Gasteiger partial charge in [-0.2, -0.15) is 13.2 Å². The third kappa shape index (κ3) is 8.57. The lowest BCUT2D eigenvalue weighted by atomic mass is 10.0. The van der Waals surface area contributed by atoms with Gasteiger partial charge in [0.15, 0.2) is 5.78 Å². The number of aliphatic carboxylic acids is 1. The number of carbonyl (C=O) groups excluding carboxylic acids is 1. The van der Waals surface area contributed by atoms with Gasteiger partial charge in [0.2, 0.25) is 5.89 Å². The molecule has 0 radical (unpaired) electrons. The van der Waals surface area contributed by atoms with Crippen LogP contribution in [0.4, 0.5) is 13.2 Å². The summed E-state index contributed by atoms with van der Waals surface area (Å²) < 4.78 is 50.0. The first kappa shape index (κ1) is 31.1. The fourth-order valence-corrected chi connectivity index (χ4v) is 4.32. The second-order valence-corrected chi connectivity index (χ2v) is 9.83. The average Bonchev–Trinajstić information content (AvgIpc) is 3.37. The van der Waals surface area contributed by atoms with E-state index in [1.807, 2.05) is 13.0 Å². The number of carboxylic acids is 1. The van der Waals surface area contributed by atoms with E-state index in [1.165, 1.54) is 18.2 Å². The highest BCUT2D eigenvalue weighted by molar-refractivity contribution is 6.04. The number of hydrogen-bond acceptors (Lipinski definition) is 6. The van der Waals surface area contributed by atoms with Gasteiger partial charge in [-0.1, -0.05) is 49.4 Å².